The van der Waals surface area contributed by atoms with Crippen molar-refractivity contribution < 1.29 is 9.18 Å². The quantitative estimate of drug-likeness (QED) is 0.738. The molecule has 0 bridgehead atoms. The van der Waals surface area contributed by atoms with Crippen molar-refractivity contribution in [2.24, 2.45) is 0 Å². The zero-order valence-electron chi connectivity index (χ0n) is 13.4. The Bertz CT molecular complexity index is 831. The Morgan fingerprint density at radius 1 is 1.21 bits per heavy atom. The summed E-state index contributed by atoms with van der Waals surface area (Å²) in [5.74, 6) is -0.775. The zero-order chi connectivity index (χ0) is 17.1. The number of amides is 1. The van der Waals surface area contributed by atoms with E-state index in [9.17, 15) is 9.18 Å². The number of benzene rings is 1. The molecule has 3 aromatic rings. The third-order valence-corrected chi connectivity index (χ3v) is 3.61. The van der Waals surface area contributed by atoms with Crippen molar-refractivity contribution in [2.75, 3.05) is 4.90 Å². The smallest absolute Gasteiger partial charge is 0.258 e. The molecule has 5 nitrogen and oxygen atoms in total. The van der Waals surface area contributed by atoms with Gasteiger partial charge in [-0.15, -0.1) is 0 Å². The third kappa shape index (κ3) is 3.03. The van der Waals surface area contributed by atoms with Crippen molar-refractivity contribution in [3.63, 3.8) is 0 Å². The van der Waals surface area contributed by atoms with Gasteiger partial charge in [0.1, 0.15) is 11.5 Å². The highest BCUT2D eigenvalue weighted by molar-refractivity contribution is 6.06. The fraction of sp³-hybridized carbons (Fsp3) is 0.167. The molecule has 0 aliphatic rings. The molecule has 0 aliphatic heterocycles. The van der Waals surface area contributed by atoms with E-state index in [0.717, 1.165) is 0 Å². The Balaban J connectivity index is 1.95. The molecule has 122 valence electrons. The van der Waals surface area contributed by atoms with Gasteiger partial charge in [-0.05, 0) is 50.2 Å². The summed E-state index contributed by atoms with van der Waals surface area (Å²) < 4.78 is 15.8. The first-order valence-electron chi connectivity index (χ1n) is 7.61. The van der Waals surface area contributed by atoms with Crippen LogP contribution in [0.4, 0.5) is 10.1 Å². The predicted octanol–water partition coefficient (Wildman–Crippen LogP) is 3.46. The summed E-state index contributed by atoms with van der Waals surface area (Å²) in [6.45, 7) is 3.80. The van der Waals surface area contributed by atoms with Gasteiger partial charge >= 0.3 is 0 Å². The van der Waals surface area contributed by atoms with Crippen LogP contribution in [0.5, 0.6) is 0 Å². The maximum absolute atomic E-state index is 14.4. The molecular formula is C18H17FN4O. The lowest BCUT2D eigenvalue weighted by Crippen LogP contribution is -2.37. The molecule has 1 aromatic carbocycles. The first-order chi connectivity index (χ1) is 11.6. The fourth-order valence-electron chi connectivity index (χ4n) is 2.52. The number of hydrogen-bond donors (Lipinski definition) is 0. The number of carbonyl (C=O) groups is 1. The molecule has 0 aliphatic carbocycles. The lowest BCUT2D eigenvalue weighted by Gasteiger charge is -2.26. The molecule has 3 rings (SSSR count). The van der Waals surface area contributed by atoms with E-state index in [1.165, 1.54) is 10.7 Å². The monoisotopic (exact) mass is 324 g/mol. The van der Waals surface area contributed by atoms with Crippen LogP contribution >= 0.6 is 0 Å². The fourth-order valence-corrected chi connectivity index (χ4v) is 2.52. The van der Waals surface area contributed by atoms with Crippen molar-refractivity contribution in [1.29, 1.82) is 0 Å². The molecule has 24 heavy (non-hydrogen) atoms. The molecule has 0 fully saturated rings. The second-order valence-corrected chi connectivity index (χ2v) is 5.60. The summed E-state index contributed by atoms with van der Waals surface area (Å²) in [5, 5.41) is 4.01. The van der Waals surface area contributed by atoms with Crippen LogP contribution in [-0.4, -0.2) is 26.7 Å². The summed E-state index contributed by atoms with van der Waals surface area (Å²) in [7, 11) is 0. The van der Waals surface area contributed by atoms with Gasteiger partial charge in [0.2, 0.25) is 0 Å². The molecule has 0 unspecified atom stereocenters. The SMILES string of the molecule is CC(C)N(C(=O)c1ccc(-n2cccn2)c(F)c1)c1cccnc1. The molecule has 1 amide bonds. The minimum Gasteiger partial charge on any atom is -0.304 e. The Morgan fingerprint density at radius 3 is 2.62 bits per heavy atom. The maximum atomic E-state index is 14.4. The summed E-state index contributed by atoms with van der Waals surface area (Å²) in [6.07, 6.45) is 6.48. The van der Waals surface area contributed by atoms with E-state index in [2.05, 4.69) is 10.1 Å². The molecule has 0 radical (unpaired) electrons. The Hall–Kier alpha value is -3.02. The minimum atomic E-state index is -0.501. The summed E-state index contributed by atoms with van der Waals surface area (Å²) in [5.41, 5.74) is 1.25. The highest BCUT2D eigenvalue weighted by atomic mass is 19.1. The maximum Gasteiger partial charge on any atom is 0.258 e. The van der Waals surface area contributed by atoms with Crippen molar-refractivity contribution in [3.8, 4) is 5.69 Å². The van der Waals surface area contributed by atoms with Gasteiger partial charge in [-0.25, -0.2) is 9.07 Å². The van der Waals surface area contributed by atoms with E-state index in [1.54, 1.807) is 60.0 Å². The van der Waals surface area contributed by atoms with Gasteiger partial charge in [-0.2, -0.15) is 5.10 Å². The van der Waals surface area contributed by atoms with Gasteiger partial charge in [0, 0.05) is 30.2 Å². The minimum absolute atomic E-state index is 0.0875. The molecule has 0 saturated carbocycles. The number of pyridine rings is 1. The summed E-state index contributed by atoms with van der Waals surface area (Å²) >= 11 is 0. The van der Waals surface area contributed by atoms with Crippen molar-refractivity contribution in [1.82, 2.24) is 14.8 Å². The first kappa shape index (κ1) is 15.9. The number of nitrogens with zero attached hydrogens (tertiary/aromatic N) is 4. The van der Waals surface area contributed by atoms with Crippen LogP contribution < -0.4 is 4.90 Å². The van der Waals surface area contributed by atoms with Gasteiger partial charge in [0.05, 0.1) is 11.9 Å². The van der Waals surface area contributed by atoms with E-state index in [-0.39, 0.29) is 17.5 Å². The van der Waals surface area contributed by atoms with E-state index in [4.69, 9.17) is 0 Å². The average molecular weight is 324 g/mol. The summed E-state index contributed by atoms with van der Waals surface area (Å²) in [6, 6.07) is 9.59. The molecule has 0 atom stereocenters. The highest BCUT2D eigenvalue weighted by Crippen LogP contribution is 2.21. The Kier molecular flexibility index (Phi) is 4.37. The second kappa shape index (κ2) is 6.62. The van der Waals surface area contributed by atoms with Gasteiger partial charge in [0.15, 0.2) is 0 Å². The van der Waals surface area contributed by atoms with E-state index < -0.39 is 5.82 Å². The van der Waals surface area contributed by atoms with Gasteiger partial charge in [-0.3, -0.25) is 9.78 Å². The lowest BCUT2D eigenvalue weighted by molar-refractivity contribution is 0.0979. The number of aromatic nitrogens is 3. The third-order valence-electron chi connectivity index (χ3n) is 3.61. The molecule has 2 aromatic heterocycles. The molecule has 0 spiro atoms. The van der Waals surface area contributed by atoms with Crippen LogP contribution in [-0.2, 0) is 0 Å². The van der Waals surface area contributed by atoms with E-state index in [0.29, 0.717) is 11.4 Å². The van der Waals surface area contributed by atoms with Crippen LogP contribution in [0.3, 0.4) is 0 Å². The zero-order valence-corrected chi connectivity index (χ0v) is 13.4. The Labute approximate surface area is 139 Å². The van der Waals surface area contributed by atoms with Crippen molar-refractivity contribution >= 4 is 11.6 Å². The number of rotatable bonds is 4. The van der Waals surface area contributed by atoms with E-state index >= 15 is 0 Å². The first-order valence-corrected chi connectivity index (χ1v) is 7.61. The van der Waals surface area contributed by atoms with Crippen LogP contribution in [0.25, 0.3) is 5.69 Å². The van der Waals surface area contributed by atoms with E-state index in [1.807, 2.05) is 13.8 Å². The topological polar surface area (TPSA) is 51.0 Å². The largest absolute Gasteiger partial charge is 0.304 e. The molecule has 2 heterocycles. The molecule has 6 heteroatoms. The van der Waals surface area contributed by atoms with Crippen molar-refractivity contribution in [2.45, 2.75) is 19.9 Å². The number of halogens is 1. The lowest BCUT2D eigenvalue weighted by atomic mass is 10.1. The van der Waals surface area contributed by atoms with Crippen molar-refractivity contribution in [3.05, 3.63) is 72.6 Å². The Morgan fingerprint density at radius 2 is 2.04 bits per heavy atom. The average Bonchev–Trinajstić information content (AvgIpc) is 3.09. The summed E-state index contributed by atoms with van der Waals surface area (Å²) in [4.78, 5) is 18.5. The predicted molar refractivity (Wildman–Crippen MR) is 89.7 cm³/mol. The molecule has 0 N–H and O–H groups in total. The molecule has 0 saturated heterocycles. The number of hydrogen-bond acceptors (Lipinski definition) is 3. The van der Waals surface area contributed by atoms with Gasteiger partial charge in [0.25, 0.3) is 5.91 Å². The van der Waals surface area contributed by atoms with Crippen LogP contribution in [0.2, 0.25) is 0 Å². The van der Waals surface area contributed by atoms with Crippen LogP contribution in [0.1, 0.15) is 24.2 Å². The molecular weight excluding hydrogens is 307 g/mol. The van der Waals surface area contributed by atoms with Crippen LogP contribution in [0, 0.1) is 5.82 Å². The normalized spacial score (nSPS) is 10.8. The van der Waals surface area contributed by atoms with Gasteiger partial charge in [-0.1, -0.05) is 0 Å². The van der Waals surface area contributed by atoms with Crippen LogP contribution in [0.15, 0.2) is 61.2 Å². The second-order valence-electron chi connectivity index (χ2n) is 5.60. The standard InChI is InChI=1S/C18H17FN4O/c1-13(2)23(15-5-3-8-20-12-15)18(24)14-6-7-17(16(19)11-14)22-10-4-9-21-22/h3-13H,1-2H3. The van der Waals surface area contributed by atoms with Gasteiger partial charge < -0.3 is 4.90 Å². The highest BCUT2D eigenvalue weighted by Gasteiger charge is 2.22. The number of anilines is 1. The number of carbonyl (C=O) groups excluding carboxylic acids is 1.